The van der Waals surface area contributed by atoms with E-state index in [-0.39, 0.29) is 17.8 Å². The molecule has 1 aromatic heterocycles. The normalized spacial score (nSPS) is 17.9. The first-order valence-corrected chi connectivity index (χ1v) is 12.2. The van der Waals surface area contributed by atoms with Crippen molar-refractivity contribution in [3.63, 3.8) is 0 Å². The molecule has 0 bridgehead atoms. The van der Waals surface area contributed by atoms with Gasteiger partial charge in [-0.25, -0.2) is 4.98 Å². The lowest BCUT2D eigenvalue weighted by molar-refractivity contribution is -0.137. The molecule has 2 unspecified atom stereocenters. The van der Waals surface area contributed by atoms with Gasteiger partial charge in [0.05, 0.1) is 12.3 Å². The number of aryl methyl sites for hydroxylation is 1. The summed E-state index contributed by atoms with van der Waals surface area (Å²) in [7, 11) is 1.88. The molecule has 2 aromatic carbocycles. The molecule has 3 aromatic rings. The van der Waals surface area contributed by atoms with Gasteiger partial charge < -0.3 is 14.4 Å². The molecule has 0 saturated heterocycles. The Morgan fingerprint density at radius 1 is 1.30 bits per heavy atom. The number of hydrogen-bond donors (Lipinski definition) is 1. The highest BCUT2D eigenvalue weighted by Crippen LogP contribution is 2.44. The number of ether oxygens (including phenoxy) is 1. The van der Waals surface area contributed by atoms with Gasteiger partial charge in [0.1, 0.15) is 18.2 Å². The maximum Gasteiger partial charge on any atom is 0.304 e. The summed E-state index contributed by atoms with van der Waals surface area (Å²) >= 11 is 3.76. The Balaban J connectivity index is 1.52. The van der Waals surface area contributed by atoms with Gasteiger partial charge in [-0.2, -0.15) is 0 Å². The number of rotatable bonds is 7. The average molecular weight is 511 g/mol. The van der Waals surface area contributed by atoms with Crippen molar-refractivity contribution in [2.24, 2.45) is 7.05 Å². The molecule has 1 heterocycles. The number of carboxylic acids is 1. The highest BCUT2D eigenvalue weighted by atomic mass is 79.9. The van der Waals surface area contributed by atoms with Crippen molar-refractivity contribution in [2.75, 3.05) is 0 Å². The molecule has 0 radical (unpaired) electrons. The highest BCUT2D eigenvalue weighted by Gasteiger charge is 2.31. The van der Waals surface area contributed by atoms with E-state index in [1.165, 1.54) is 24.0 Å². The molecule has 5 nitrogen and oxygen atoms in total. The Hall–Kier alpha value is -2.60. The molecule has 2 atom stereocenters. The summed E-state index contributed by atoms with van der Waals surface area (Å²) in [5.74, 6) is 0.886. The van der Waals surface area contributed by atoms with Crippen molar-refractivity contribution >= 4 is 21.9 Å². The fraction of sp³-hybridized carbons (Fsp3) is 0.407. The summed E-state index contributed by atoms with van der Waals surface area (Å²) in [5, 5.41) is 9.39. The summed E-state index contributed by atoms with van der Waals surface area (Å²) in [5.41, 5.74) is 5.10. The van der Waals surface area contributed by atoms with E-state index in [0.717, 1.165) is 27.2 Å². The monoisotopic (exact) mass is 510 g/mol. The summed E-state index contributed by atoms with van der Waals surface area (Å²) in [6, 6.07) is 12.3. The van der Waals surface area contributed by atoms with Crippen molar-refractivity contribution in [2.45, 2.75) is 63.9 Å². The van der Waals surface area contributed by atoms with E-state index in [9.17, 15) is 9.90 Å². The lowest BCUT2D eigenvalue weighted by atomic mass is 9.69. The minimum absolute atomic E-state index is 0.0122. The maximum atomic E-state index is 11.4. The van der Waals surface area contributed by atoms with E-state index < -0.39 is 5.97 Å². The quantitative estimate of drug-likeness (QED) is 0.391. The Bertz CT molecular complexity index is 1150. The molecule has 1 aliphatic rings. The van der Waals surface area contributed by atoms with E-state index >= 15 is 0 Å². The fourth-order valence-electron chi connectivity index (χ4n) is 4.81. The number of carbonyl (C=O) groups is 1. The second kappa shape index (κ2) is 9.34. The Labute approximate surface area is 203 Å². The van der Waals surface area contributed by atoms with Crippen LogP contribution in [0, 0.1) is 0 Å². The summed E-state index contributed by atoms with van der Waals surface area (Å²) in [6.07, 6.45) is 5.93. The molecule has 4 rings (SSSR count). The minimum Gasteiger partial charge on any atom is -0.489 e. The summed E-state index contributed by atoms with van der Waals surface area (Å²) in [6.45, 7) is 7.42. The standard InChI is InChI=1S/C27H31BrN2O3/c1-17-9-10-27(2,3)23-15-24(28)19(13-21(17)23)16-33-20-7-5-18(6-8-20)22(14-25(31)32)26-29-11-12-30(26)4/h5-8,11-13,15,17,22H,9-10,14,16H2,1-4H3,(H,31,32). The Kier molecular flexibility index (Phi) is 6.66. The van der Waals surface area contributed by atoms with Gasteiger partial charge in [-0.15, -0.1) is 0 Å². The second-order valence-electron chi connectivity index (χ2n) is 9.76. The Morgan fingerprint density at radius 3 is 2.67 bits per heavy atom. The molecule has 0 aliphatic heterocycles. The number of nitrogens with zero attached hydrogens (tertiary/aromatic N) is 2. The third-order valence-electron chi connectivity index (χ3n) is 6.91. The van der Waals surface area contributed by atoms with Crippen molar-refractivity contribution in [1.82, 2.24) is 9.55 Å². The van der Waals surface area contributed by atoms with Crippen LogP contribution in [-0.2, 0) is 23.9 Å². The van der Waals surface area contributed by atoms with E-state index in [0.29, 0.717) is 12.5 Å². The van der Waals surface area contributed by atoms with Gasteiger partial charge in [0, 0.05) is 29.5 Å². The number of imidazole rings is 1. The molecule has 174 valence electrons. The smallest absolute Gasteiger partial charge is 0.304 e. The third kappa shape index (κ3) is 5.01. The summed E-state index contributed by atoms with van der Waals surface area (Å²) in [4.78, 5) is 15.8. The van der Waals surface area contributed by atoms with Gasteiger partial charge in [-0.1, -0.05) is 54.9 Å². The van der Waals surface area contributed by atoms with Crippen LogP contribution in [0.4, 0.5) is 0 Å². The second-order valence-corrected chi connectivity index (χ2v) is 10.6. The van der Waals surface area contributed by atoms with E-state index in [2.05, 4.69) is 53.8 Å². The van der Waals surface area contributed by atoms with Crippen LogP contribution in [0.2, 0.25) is 0 Å². The van der Waals surface area contributed by atoms with Crippen LogP contribution in [0.25, 0.3) is 0 Å². The zero-order chi connectivity index (χ0) is 23.8. The van der Waals surface area contributed by atoms with Crippen LogP contribution < -0.4 is 4.74 Å². The van der Waals surface area contributed by atoms with Crippen LogP contribution in [-0.4, -0.2) is 20.6 Å². The lowest BCUT2D eigenvalue weighted by Gasteiger charge is -2.36. The maximum absolute atomic E-state index is 11.4. The number of hydrogen-bond acceptors (Lipinski definition) is 3. The van der Waals surface area contributed by atoms with E-state index in [1.807, 2.05) is 42.1 Å². The average Bonchev–Trinajstić information content (AvgIpc) is 3.20. The molecule has 0 saturated carbocycles. The third-order valence-corrected chi connectivity index (χ3v) is 7.64. The molecule has 0 amide bonds. The zero-order valence-corrected chi connectivity index (χ0v) is 21.2. The summed E-state index contributed by atoms with van der Waals surface area (Å²) < 4.78 is 9.06. The van der Waals surface area contributed by atoms with Crippen LogP contribution in [0.3, 0.4) is 0 Å². The molecular weight excluding hydrogens is 480 g/mol. The van der Waals surface area contributed by atoms with Crippen LogP contribution in [0.5, 0.6) is 5.75 Å². The largest absolute Gasteiger partial charge is 0.489 e. The predicted molar refractivity (Wildman–Crippen MR) is 133 cm³/mol. The molecule has 33 heavy (non-hydrogen) atoms. The number of fused-ring (bicyclic) bond motifs is 1. The molecule has 1 N–H and O–H groups in total. The number of aliphatic carboxylic acids is 1. The van der Waals surface area contributed by atoms with Gasteiger partial charge in [0.2, 0.25) is 0 Å². The van der Waals surface area contributed by atoms with Crippen molar-refractivity contribution in [3.8, 4) is 5.75 Å². The molecular formula is C27H31BrN2O3. The first kappa shape index (κ1) is 23.6. The zero-order valence-electron chi connectivity index (χ0n) is 19.6. The SMILES string of the molecule is CC1CCC(C)(C)c2cc(Br)c(COc3ccc(C(CC(=O)O)c4nccn4C)cc3)cc21. The number of halogens is 1. The van der Waals surface area contributed by atoms with Crippen LogP contribution in [0.15, 0.2) is 53.3 Å². The van der Waals surface area contributed by atoms with Crippen molar-refractivity contribution < 1.29 is 14.6 Å². The minimum atomic E-state index is -0.849. The Morgan fingerprint density at radius 2 is 2.03 bits per heavy atom. The first-order valence-electron chi connectivity index (χ1n) is 11.4. The topological polar surface area (TPSA) is 64.3 Å². The van der Waals surface area contributed by atoms with Gasteiger partial charge in [0.25, 0.3) is 0 Å². The number of benzene rings is 2. The fourth-order valence-corrected chi connectivity index (χ4v) is 5.27. The van der Waals surface area contributed by atoms with Crippen LogP contribution in [0.1, 0.15) is 79.9 Å². The molecule has 6 heteroatoms. The van der Waals surface area contributed by atoms with Crippen molar-refractivity contribution in [3.05, 3.63) is 81.3 Å². The molecule has 0 fully saturated rings. The van der Waals surface area contributed by atoms with Gasteiger partial charge in [-0.3, -0.25) is 4.79 Å². The molecule has 0 spiro atoms. The molecule has 1 aliphatic carbocycles. The first-order chi connectivity index (χ1) is 15.7. The lowest BCUT2D eigenvalue weighted by Crippen LogP contribution is -2.25. The van der Waals surface area contributed by atoms with Gasteiger partial charge >= 0.3 is 5.97 Å². The van der Waals surface area contributed by atoms with Crippen LogP contribution >= 0.6 is 15.9 Å². The van der Waals surface area contributed by atoms with Gasteiger partial charge in [-0.05, 0) is 59.1 Å². The van der Waals surface area contributed by atoms with Crippen molar-refractivity contribution in [1.29, 1.82) is 0 Å². The van der Waals surface area contributed by atoms with E-state index in [4.69, 9.17) is 4.74 Å². The predicted octanol–water partition coefficient (Wildman–Crippen LogP) is 6.54. The highest BCUT2D eigenvalue weighted by molar-refractivity contribution is 9.10. The van der Waals surface area contributed by atoms with E-state index in [1.54, 1.807) is 6.20 Å². The number of aromatic nitrogens is 2. The number of carboxylic acid groups (broad SMARTS) is 1. The van der Waals surface area contributed by atoms with Gasteiger partial charge in [0.15, 0.2) is 0 Å².